The zero-order valence-electron chi connectivity index (χ0n) is 14.9. The lowest BCUT2D eigenvalue weighted by Gasteiger charge is -2.33. The number of imidazole rings is 1. The van der Waals surface area contributed by atoms with Crippen molar-refractivity contribution in [2.24, 2.45) is 5.92 Å². The minimum Gasteiger partial charge on any atom is -0.354 e. The van der Waals surface area contributed by atoms with Gasteiger partial charge in [-0.2, -0.15) is 0 Å². The standard InChI is InChI=1S/C20H21N5O2/c26-19(22-8-13-5-6-13)18-11-24(10-15-9-21-12-25(15)18)20(27)17-7-14-3-1-2-4-16(14)23-17/h1-4,7,9,12-13,18,23H,5-6,8,10-11H2,(H,22,26)/t18-/m1/s1. The SMILES string of the molecule is O=C(NCC1CC1)[C@H]1CN(C(=O)c2cc3ccccc3[nH]2)Cc2cncn21. The summed E-state index contributed by atoms with van der Waals surface area (Å²) in [5.41, 5.74) is 2.35. The van der Waals surface area contributed by atoms with Crippen molar-refractivity contribution < 1.29 is 9.59 Å². The summed E-state index contributed by atoms with van der Waals surface area (Å²) in [5.74, 6) is 0.470. The topological polar surface area (TPSA) is 83.0 Å². The molecule has 2 aliphatic rings. The fraction of sp³-hybridized carbons (Fsp3) is 0.350. The molecule has 3 heterocycles. The van der Waals surface area contributed by atoms with Crippen molar-refractivity contribution in [3.63, 3.8) is 0 Å². The highest BCUT2D eigenvalue weighted by molar-refractivity contribution is 5.98. The summed E-state index contributed by atoms with van der Waals surface area (Å²) < 4.78 is 1.89. The van der Waals surface area contributed by atoms with Crippen LogP contribution in [0.5, 0.6) is 0 Å². The summed E-state index contributed by atoms with van der Waals surface area (Å²) >= 11 is 0. The number of H-pyrrole nitrogens is 1. The first kappa shape index (κ1) is 16.1. The molecule has 0 unspecified atom stereocenters. The maximum Gasteiger partial charge on any atom is 0.270 e. The Kier molecular flexibility index (Phi) is 3.74. The van der Waals surface area contributed by atoms with Crippen molar-refractivity contribution in [1.82, 2.24) is 24.8 Å². The number of hydrogen-bond donors (Lipinski definition) is 2. The van der Waals surface area contributed by atoms with Gasteiger partial charge >= 0.3 is 0 Å². The second kappa shape index (κ2) is 6.26. The van der Waals surface area contributed by atoms with Crippen molar-refractivity contribution in [1.29, 1.82) is 0 Å². The van der Waals surface area contributed by atoms with Crippen molar-refractivity contribution in [3.05, 3.63) is 54.2 Å². The van der Waals surface area contributed by atoms with Gasteiger partial charge in [0.05, 0.1) is 25.1 Å². The molecule has 27 heavy (non-hydrogen) atoms. The zero-order chi connectivity index (χ0) is 18.4. The van der Waals surface area contributed by atoms with Crippen LogP contribution in [0, 0.1) is 5.92 Å². The third kappa shape index (κ3) is 2.99. The van der Waals surface area contributed by atoms with Crippen LogP contribution in [-0.2, 0) is 11.3 Å². The Balaban J connectivity index is 1.39. The molecule has 2 N–H and O–H groups in total. The molecule has 1 saturated carbocycles. The molecular weight excluding hydrogens is 342 g/mol. The Morgan fingerprint density at radius 1 is 1.26 bits per heavy atom. The van der Waals surface area contributed by atoms with E-state index in [9.17, 15) is 9.59 Å². The van der Waals surface area contributed by atoms with E-state index in [4.69, 9.17) is 0 Å². The van der Waals surface area contributed by atoms with Crippen molar-refractivity contribution in [2.75, 3.05) is 13.1 Å². The van der Waals surface area contributed by atoms with E-state index in [0.717, 1.165) is 23.1 Å². The lowest BCUT2D eigenvalue weighted by Crippen LogP contribution is -2.46. The lowest BCUT2D eigenvalue weighted by atomic mass is 10.1. The summed E-state index contributed by atoms with van der Waals surface area (Å²) in [5, 5.41) is 4.03. The molecule has 1 aromatic carbocycles. The van der Waals surface area contributed by atoms with Gasteiger partial charge in [-0.25, -0.2) is 4.98 Å². The maximum atomic E-state index is 13.1. The van der Waals surface area contributed by atoms with Gasteiger partial charge in [0.1, 0.15) is 11.7 Å². The summed E-state index contributed by atoms with van der Waals surface area (Å²) in [7, 11) is 0. The molecule has 0 spiro atoms. The molecule has 0 bridgehead atoms. The highest BCUT2D eigenvalue weighted by Crippen LogP contribution is 2.28. The highest BCUT2D eigenvalue weighted by atomic mass is 16.2. The smallest absolute Gasteiger partial charge is 0.270 e. The molecule has 0 radical (unpaired) electrons. The fourth-order valence-corrected chi connectivity index (χ4v) is 3.70. The van der Waals surface area contributed by atoms with Crippen LogP contribution >= 0.6 is 0 Å². The Labute approximate surface area is 156 Å². The van der Waals surface area contributed by atoms with Crippen LogP contribution in [0.3, 0.4) is 0 Å². The normalized spacial score (nSPS) is 19.1. The highest BCUT2D eigenvalue weighted by Gasteiger charge is 2.34. The van der Waals surface area contributed by atoms with E-state index in [-0.39, 0.29) is 11.8 Å². The van der Waals surface area contributed by atoms with E-state index in [1.807, 2.05) is 34.9 Å². The third-order valence-electron chi connectivity index (χ3n) is 5.44. The molecule has 7 nitrogen and oxygen atoms in total. The van der Waals surface area contributed by atoms with E-state index < -0.39 is 6.04 Å². The van der Waals surface area contributed by atoms with E-state index in [1.165, 1.54) is 12.8 Å². The van der Waals surface area contributed by atoms with E-state index >= 15 is 0 Å². The van der Waals surface area contributed by atoms with E-state index in [1.54, 1.807) is 17.4 Å². The van der Waals surface area contributed by atoms with Crippen LogP contribution in [0.1, 0.15) is 35.1 Å². The second-order valence-corrected chi connectivity index (χ2v) is 7.45. The molecule has 7 heteroatoms. The quantitative estimate of drug-likeness (QED) is 0.745. The predicted octanol–water partition coefficient (Wildman–Crippen LogP) is 2.09. The predicted molar refractivity (Wildman–Crippen MR) is 100 cm³/mol. The average Bonchev–Trinajstić information content (AvgIpc) is 3.22. The number of nitrogens with zero attached hydrogens (tertiary/aromatic N) is 3. The van der Waals surface area contributed by atoms with E-state index in [2.05, 4.69) is 15.3 Å². The first-order valence-electron chi connectivity index (χ1n) is 9.34. The number of carbonyl (C=O) groups excluding carboxylic acids is 2. The van der Waals surface area contributed by atoms with Crippen LogP contribution in [0.25, 0.3) is 10.9 Å². The number of aromatic amines is 1. The van der Waals surface area contributed by atoms with Crippen LogP contribution in [-0.4, -0.2) is 44.3 Å². The number of aromatic nitrogens is 3. The Morgan fingerprint density at radius 2 is 2.11 bits per heavy atom. The third-order valence-corrected chi connectivity index (χ3v) is 5.44. The minimum absolute atomic E-state index is 0.0460. The number of para-hydroxylation sites is 1. The minimum atomic E-state index is -0.441. The summed E-state index contributed by atoms with van der Waals surface area (Å²) in [6, 6.07) is 9.24. The van der Waals surface area contributed by atoms with Crippen LogP contribution in [0.2, 0.25) is 0 Å². The number of rotatable bonds is 4. The second-order valence-electron chi connectivity index (χ2n) is 7.45. The number of nitrogens with one attached hydrogen (secondary N) is 2. The largest absolute Gasteiger partial charge is 0.354 e. The van der Waals surface area contributed by atoms with Gasteiger partial charge in [-0.15, -0.1) is 0 Å². The Morgan fingerprint density at radius 3 is 2.93 bits per heavy atom. The Bertz CT molecular complexity index is 983. The molecule has 1 fully saturated rings. The number of amides is 2. The van der Waals surface area contributed by atoms with Gasteiger partial charge in [-0.1, -0.05) is 18.2 Å². The van der Waals surface area contributed by atoms with Gasteiger partial charge in [0.25, 0.3) is 5.91 Å². The van der Waals surface area contributed by atoms with Crippen molar-refractivity contribution >= 4 is 22.7 Å². The molecule has 1 aliphatic carbocycles. The number of benzene rings is 1. The molecule has 0 saturated heterocycles. The van der Waals surface area contributed by atoms with Crippen LogP contribution < -0.4 is 5.32 Å². The molecule has 5 rings (SSSR count). The molecule has 1 aliphatic heterocycles. The fourth-order valence-electron chi connectivity index (χ4n) is 3.70. The average molecular weight is 363 g/mol. The summed E-state index contributed by atoms with van der Waals surface area (Å²) in [6.07, 6.45) is 5.78. The van der Waals surface area contributed by atoms with Crippen molar-refractivity contribution in [3.8, 4) is 0 Å². The van der Waals surface area contributed by atoms with Gasteiger partial charge in [0, 0.05) is 23.6 Å². The molecule has 138 valence electrons. The lowest BCUT2D eigenvalue weighted by molar-refractivity contribution is -0.125. The molecule has 2 aromatic heterocycles. The summed E-state index contributed by atoms with van der Waals surface area (Å²) in [6.45, 7) is 1.50. The number of fused-ring (bicyclic) bond motifs is 2. The van der Waals surface area contributed by atoms with E-state index in [0.29, 0.717) is 24.7 Å². The van der Waals surface area contributed by atoms with Gasteiger partial charge in [0.15, 0.2) is 0 Å². The van der Waals surface area contributed by atoms with Gasteiger partial charge in [0.2, 0.25) is 5.91 Å². The Hall–Kier alpha value is -3.09. The number of hydrogen-bond acceptors (Lipinski definition) is 3. The van der Waals surface area contributed by atoms with Crippen molar-refractivity contribution in [2.45, 2.75) is 25.4 Å². The monoisotopic (exact) mass is 363 g/mol. The van der Waals surface area contributed by atoms with Gasteiger partial charge < -0.3 is 19.8 Å². The van der Waals surface area contributed by atoms with Crippen LogP contribution in [0.15, 0.2) is 42.9 Å². The molecule has 3 aromatic rings. The first-order chi connectivity index (χ1) is 13.2. The van der Waals surface area contributed by atoms with Crippen LogP contribution in [0.4, 0.5) is 0 Å². The molecule has 2 amide bonds. The van der Waals surface area contributed by atoms with Gasteiger partial charge in [-0.05, 0) is 30.9 Å². The van der Waals surface area contributed by atoms with Gasteiger partial charge in [-0.3, -0.25) is 9.59 Å². The number of carbonyl (C=O) groups is 2. The zero-order valence-corrected chi connectivity index (χ0v) is 14.9. The maximum absolute atomic E-state index is 13.1. The summed E-state index contributed by atoms with van der Waals surface area (Å²) in [4.78, 5) is 34.9. The first-order valence-corrected chi connectivity index (χ1v) is 9.34. The molecule has 1 atom stereocenters. The molecular formula is C20H21N5O2.